The normalized spacial score (nSPS) is 12.1. The van der Waals surface area contributed by atoms with Gasteiger partial charge in [0.2, 0.25) is 0 Å². The molecule has 1 unspecified atom stereocenters. The molecule has 2 aromatic rings. The fourth-order valence-corrected chi connectivity index (χ4v) is 1.72. The van der Waals surface area contributed by atoms with Gasteiger partial charge >= 0.3 is 5.97 Å². The number of rotatable bonds is 4. The van der Waals surface area contributed by atoms with E-state index in [-0.39, 0.29) is 0 Å². The van der Waals surface area contributed by atoms with Gasteiger partial charge in [-0.3, -0.25) is 4.79 Å². The molecule has 0 saturated carbocycles. The maximum Gasteiger partial charge on any atom is 0.328 e. The van der Waals surface area contributed by atoms with Crippen LogP contribution in [0.2, 0.25) is 0 Å². The molecule has 0 aliphatic heterocycles. The van der Waals surface area contributed by atoms with Gasteiger partial charge in [-0.05, 0) is 19.1 Å². The number of alkyl halides is 1. The summed E-state index contributed by atoms with van der Waals surface area (Å²) in [5.74, 6) is -0.452. The second-order valence-electron chi connectivity index (χ2n) is 3.67. The predicted octanol–water partition coefficient (Wildman–Crippen LogP) is 2.72. The number of benzene rings is 1. The van der Waals surface area contributed by atoms with Crippen molar-refractivity contribution in [3.63, 3.8) is 0 Å². The lowest BCUT2D eigenvalue weighted by Gasteiger charge is -2.05. The van der Waals surface area contributed by atoms with Crippen LogP contribution in [0, 0.1) is 0 Å². The molecule has 0 aliphatic rings. The summed E-state index contributed by atoms with van der Waals surface area (Å²) in [6.07, 6.45) is 3.30. The minimum absolute atomic E-state index is 0.314. The molecule has 1 aromatic heterocycles. The number of hydrogen-bond donors (Lipinski definition) is 0. The average Bonchev–Trinajstić information content (AvgIpc) is 2.89. The van der Waals surface area contributed by atoms with E-state index in [1.54, 1.807) is 24.0 Å². The zero-order chi connectivity index (χ0) is 13.0. The molecular weight excluding hydrogens is 252 g/mol. The Kier molecular flexibility index (Phi) is 3.99. The summed E-state index contributed by atoms with van der Waals surface area (Å²) in [5, 5.41) is 3.36. The second-order valence-corrected chi connectivity index (χ2v) is 4.10. The highest BCUT2D eigenvalue weighted by molar-refractivity contribution is 6.29. The van der Waals surface area contributed by atoms with E-state index >= 15 is 0 Å². The predicted molar refractivity (Wildman–Crippen MR) is 68.8 cm³/mol. The molecule has 18 heavy (non-hydrogen) atoms. The molecule has 0 aliphatic carbocycles. The third kappa shape index (κ3) is 2.71. The lowest BCUT2D eigenvalue weighted by Crippen LogP contribution is -2.10. The van der Waals surface area contributed by atoms with Gasteiger partial charge in [0.25, 0.3) is 0 Å². The minimum Gasteiger partial charge on any atom is -0.465 e. The highest BCUT2D eigenvalue weighted by atomic mass is 35.5. The molecule has 1 atom stereocenters. The quantitative estimate of drug-likeness (QED) is 0.630. The van der Waals surface area contributed by atoms with Crippen LogP contribution in [0.3, 0.4) is 0 Å². The van der Waals surface area contributed by atoms with E-state index in [2.05, 4.69) is 5.10 Å². The summed E-state index contributed by atoms with van der Waals surface area (Å²) in [6.45, 7) is 2.06. The molecular formula is C13H13ClN2O2. The summed E-state index contributed by atoms with van der Waals surface area (Å²) >= 11 is 6.01. The lowest BCUT2D eigenvalue weighted by atomic mass is 10.2. The molecule has 2 rings (SSSR count). The van der Waals surface area contributed by atoms with Crippen molar-refractivity contribution in [3.05, 3.63) is 48.3 Å². The van der Waals surface area contributed by atoms with Gasteiger partial charge in [-0.25, -0.2) is 4.68 Å². The third-order valence-electron chi connectivity index (χ3n) is 2.41. The average molecular weight is 265 g/mol. The number of carbonyl (C=O) groups excluding carboxylic acids is 1. The fourth-order valence-electron chi connectivity index (χ4n) is 1.54. The molecule has 0 fully saturated rings. The van der Waals surface area contributed by atoms with Crippen LogP contribution in [0.15, 0.2) is 42.7 Å². The summed E-state index contributed by atoms with van der Waals surface area (Å²) in [5.41, 5.74) is 1.54. The molecule has 4 nitrogen and oxygen atoms in total. The Labute approximate surface area is 110 Å². The van der Waals surface area contributed by atoms with Gasteiger partial charge in [0, 0.05) is 11.8 Å². The van der Waals surface area contributed by atoms with Crippen molar-refractivity contribution in [1.82, 2.24) is 9.78 Å². The summed E-state index contributed by atoms with van der Waals surface area (Å²) in [7, 11) is 0. The zero-order valence-electron chi connectivity index (χ0n) is 9.91. The molecule has 0 N–H and O–H groups in total. The van der Waals surface area contributed by atoms with Gasteiger partial charge in [-0.2, -0.15) is 5.10 Å². The molecule has 0 amide bonds. The minimum atomic E-state index is -0.817. The van der Waals surface area contributed by atoms with Crippen molar-refractivity contribution in [2.75, 3.05) is 6.61 Å². The van der Waals surface area contributed by atoms with Gasteiger partial charge in [-0.1, -0.05) is 18.2 Å². The Bertz CT molecular complexity index is 525. The maximum absolute atomic E-state index is 11.5. The molecule has 0 radical (unpaired) electrons. The number of carbonyl (C=O) groups is 1. The Balaban J connectivity index is 2.18. The second kappa shape index (κ2) is 5.69. The first-order chi connectivity index (χ1) is 8.72. The summed E-state index contributed by atoms with van der Waals surface area (Å²) in [6, 6.07) is 9.60. The monoisotopic (exact) mass is 264 g/mol. The van der Waals surface area contributed by atoms with E-state index in [0.717, 1.165) is 5.69 Å². The van der Waals surface area contributed by atoms with Gasteiger partial charge < -0.3 is 4.74 Å². The smallest absolute Gasteiger partial charge is 0.328 e. The molecule has 1 heterocycles. The Morgan fingerprint density at radius 1 is 1.44 bits per heavy atom. The number of halogens is 1. The van der Waals surface area contributed by atoms with Crippen molar-refractivity contribution in [2.24, 2.45) is 0 Å². The molecule has 1 aromatic carbocycles. The molecule has 94 valence electrons. The van der Waals surface area contributed by atoms with E-state index < -0.39 is 11.3 Å². The largest absolute Gasteiger partial charge is 0.465 e. The molecule has 0 bridgehead atoms. The maximum atomic E-state index is 11.5. The third-order valence-corrected chi connectivity index (χ3v) is 2.84. The van der Waals surface area contributed by atoms with Crippen LogP contribution >= 0.6 is 11.6 Å². The van der Waals surface area contributed by atoms with Crippen LogP contribution in [0.1, 0.15) is 17.9 Å². The van der Waals surface area contributed by atoms with Crippen molar-refractivity contribution in [1.29, 1.82) is 0 Å². The van der Waals surface area contributed by atoms with Crippen LogP contribution in [-0.2, 0) is 9.53 Å². The van der Waals surface area contributed by atoms with Crippen molar-refractivity contribution < 1.29 is 9.53 Å². The van der Waals surface area contributed by atoms with Crippen LogP contribution in [0.5, 0.6) is 0 Å². The van der Waals surface area contributed by atoms with Crippen molar-refractivity contribution in [3.8, 4) is 5.69 Å². The SMILES string of the molecule is CCOC(=O)C(Cl)c1cnn(-c2ccccc2)c1. The fraction of sp³-hybridized carbons (Fsp3) is 0.231. The molecule has 0 saturated heterocycles. The van der Waals surface area contributed by atoms with Crippen LogP contribution < -0.4 is 0 Å². The van der Waals surface area contributed by atoms with Gasteiger partial charge in [0.05, 0.1) is 18.5 Å². The summed E-state index contributed by atoms with van der Waals surface area (Å²) < 4.78 is 6.54. The highest BCUT2D eigenvalue weighted by Gasteiger charge is 2.20. The first kappa shape index (κ1) is 12.6. The molecule has 0 spiro atoms. The topological polar surface area (TPSA) is 44.1 Å². The Hall–Kier alpha value is -1.81. The Morgan fingerprint density at radius 3 is 2.83 bits per heavy atom. The van der Waals surface area contributed by atoms with Crippen molar-refractivity contribution in [2.45, 2.75) is 12.3 Å². The summed E-state index contributed by atoms with van der Waals surface area (Å²) in [4.78, 5) is 11.5. The number of ether oxygens (including phenoxy) is 1. The van der Waals surface area contributed by atoms with Crippen LogP contribution in [0.25, 0.3) is 5.69 Å². The van der Waals surface area contributed by atoms with Gasteiger partial charge in [0.1, 0.15) is 0 Å². The lowest BCUT2D eigenvalue weighted by molar-refractivity contribution is -0.142. The number of hydrogen-bond acceptors (Lipinski definition) is 3. The first-order valence-electron chi connectivity index (χ1n) is 5.63. The molecule has 5 heteroatoms. The standard InChI is InChI=1S/C13H13ClN2O2/c1-2-18-13(17)12(14)10-8-15-16(9-10)11-6-4-3-5-7-11/h3-9,12H,2H2,1H3. The first-order valence-corrected chi connectivity index (χ1v) is 6.06. The van der Waals surface area contributed by atoms with Crippen LogP contribution in [-0.4, -0.2) is 22.4 Å². The van der Waals surface area contributed by atoms with E-state index in [1.807, 2.05) is 30.3 Å². The van der Waals surface area contributed by atoms with Crippen LogP contribution in [0.4, 0.5) is 0 Å². The van der Waals surface area contributed by atoms with Gasteiger partial charge in [0.15, 0.2) is 5.38 Å². The number of aromatic nitrogens is 2. The van der Waals surface area contributed by atoms with Crippen molar-refractivity contribution >= 4 is 17.6 Å². The number of para-hydroxylation sites is 1. The number of esters is 1. The number of nitrogens with zero attached hydrogens (tertiary/aromatic N) is 2. The van der Waals surface area contributed by atoms with E-state index in [1.165, 1.54) is 0 Å². The Morgan fingerprint density at radius 2 is 2.17 bits per heavy atom. The van der Waals surface area contributed by atoms with Gasteiger partial charge in [-0.15, -0.1) is 11.6 Å². The van der Waals surface area contributed by atoms with E-state index in [0.29, 0.717) is 12.2 Å². The van der Waals surface area contributed by atoms with E-state index in [9.17, 15) is 4.79 Å². The zero-order valence-corrected chi connectivity index (χ0v) is 10.7. The van der Waals surface area contributed by atoms with E-state index in [4.69, 9.17) is 16.3 Å². The highest BCUT2D eigenvalue weighted by Crippen LogP contribution is 2.22.